The van der Waals surface area contributed by atoms with Gasteiger partial charge in [0.2, 0.25) is 5.91 Å². The summed E-state index contributed by atoms with van der Waals surface area (Å²) in [4.78, 5) is 36.2. The van der Waals surface area contributed by atoms with Crippen LogP contribution < -0.4 is 5.32 Å². The van der Waals surface area contributed by atoms with Crippen LogP contribution in [-0.2, 0) is 4.79 Å². The van der Waals surface area contributed by atoms with Crippen molar-refractivity contribution in [3.63, 3.8) is 0 Å². The number of anilines is 1. The van der Waals surface area contributed by atoms with Crippen LogP contribution >= 0.6 is 11.6 Å². The molecule has 0 aliphatic heterocycles. The number of benzene rings is 2. The molecule has 0 radical (unpaired) electrons. The molecule has 2 rings (SSSR count). The molecule has 0 saturated carbocycles. The Morgan fingerprint density at radius 1 is 1.15 bits per heavy atom. The predicted octanol–water partition coefficient (Wildman–Crippen LogP) is 3.88. The van der Waals surface area contributed by atoms with Gasteiger partial charge in [0.25, 0.3) is 11.6 Å². The zero-order valence-electron chi connectivity index (χ0n) is 15.5. The molecule has 0 spiro atoms. The minimum Gasteiger partial charge on any atom is -0.332 e. The van der Waals surface area contributed by atoms with E-state index in [1.165, 1.54) is 24.1 Å². The number of carbonyl (C=O) groups excluding carboxylic acids is 2. The number of nitrogens with one attached hydrogen (secondary N) is 1. The molecule has 142 valence electrons. The van der Waals surface area contributed by atoms with E-state index in [0.717, 1.165) is 28.4 Å². The quantitative estimate of drug-likeness (QED) is 0.620. The van der Waals surface area contributed by atoms with Crippen LogP contribution in [0.15, 0.2) is 30.3 Å². The second-order valence-corrected chi connectivity index (χ2v) is 6.81. The number of hydrogen-bond donors (Lipinski definition) is 1. The van der Waals surface area contributed by atoms with E-state index < -0.39 is 10.8 Å². The third-order valence-corrected chi connectivity index (χ3v) is 4.38. The lowest BCUT2D eigenvalue weighted by Crippen LogP contribution is -2.35. The number of halogens is 1. The van der Waals surface area contributed by atoms with Gasteiger partial charge in [-0.3, -0.25) is 19.7 Å². The largest absolute Gasteiger partial charge is 0.332 e. The SMILES string of the molecule is Cc1cc(C)c(NC(=O)CN(C)C(=O)c2ccc([N+](=O)[O-])cc2Cl)c(C)c1. The van der Waals surface area contributed by atoms with E-state index in [9.17, 15) is 19.7 Å². The van der Waals surface area contributed by atoms with Gasteiger partial charge in [0.15, 0.2) is 0 Å². The monoisotopic (exact) mass is 389 g/mol. The summed E-state index contributed by atoms with van der Waals surface area (Å²) >= 11 is 5.98. The molecule has 7 nitrogen and oxygen atoms in total. The van der Waals surface area contributed by atoms with Crippen molar-refractivity contribution in [1.29, 1.82) is 0 Å². The van der Waals surface area contributed by atoms with Crippen LogP contribution in [0.2, 0.25) is 5.02 Å². The number of likely N-dealkylation sites (N-methyl/N-ethyl adjacent to an activating group) is 1. The average Bonchev–Trinajstić information content (AvgIpc) is 2.57. The summed E-state index contributed by atoms with van der Waals surface area (Å²) in [7, 11) is 1.47. The minimum atomic E-state index is -0.594. The number of non-ortho nitro benzene ring substituents is 1. The molecule has 0 atom stereocenters. The van der Waals surface area contributed by atoms with E-state index in [2.05, 4.69) is 5.32 Å². The molecular weight excluding hydrogens is 370 g/mol. The summed E-state index contributed by atoms with van der Waals surface area (Å²) < 4.78 is 0. The smallest absolute Gasteiger partial charge is 0.270 e. The van der Waals surface area contributed by atoms with Gasteiger partial charge in [0.05, 0.1) is 22.1 Å². The lowest BCUT2D eigenvalue weighted by atomic mass is 10.1. The third-order valence-electron chi connectivity index (χ3n) is 4.06. The number of nitro benzene ring substituents is 1. The number of nitrogens with zero attached hydrogens (tertiary/aromatic N) is 2. The zero-order valence-corrected chi connectivity index (χ0v) is 16.3. The molecule has 0 aliphatic carbocycles. The fourth-order valence-corrected chi connectivity index (χ4v) is 3.10. The van der Waals surface area contributed by atoms with E-state index in [-0.39, 0.29) is 28.7 Å². The Kier molecular flexibility index (Phi) is 6.17. The van der Waals surface area contributed by atoms with Crippen molar-refractivity contribution in [2.24, 2.45) is 0 Å². The molecule has 0 saturated heterocycles. The molecule has 2 aromatic rings. The van der Waals surface area contributed by atoms with Crippen LogP contribution in [0.4, 0.5) is 11.4 Å². The maximum Gasteiger partial charge on any atom is 0.270 e. The Bertz CT molecular complexity index is 904. The van der Waals surface area contributed by atoms with Gasteiger partial charge in [-0.25, -0.2) is 0 Å². The van der Waals surface area contributed by atoms with Crippen molar-refractivity contribution in [2.45, 2.75) is 20.8 Å². The topological polar surface area (TPSA) is 92.6 Å². The molecule has 27 heavy (non-hydrogen) atoms. The van der Waals surface area contributed by atoms with Crippen LogP contribution in [-0.4, -0.2) is 35.2 Å². The molecule has 0 fully saturated rings. The molecule has 1 N–H and O–H groups in total. The van der Waals surface area contributed by atoms with Gasteiger partial charge in [-0.1, -0.05) is 29.3 Å². The fourth-order valence-electron chi connectivity index (χ4n) is 2.84. The maximum atomic E-state index is 12.5. The summed E-state index contributed by atoms with van der Waals surface area (Å²) in [6, 6.07) is 7.53. The van der Waals surface area contributed by atoms with Gasteiger partial charge in [-0.15, -0.1) is 0 Å². The highest BCUT2D eigenvalue weighted by Crippen LogP contribution is 2.24. The molecule has 8 heteroatoms. The van der Waals surface area contributed by atoms with E-state index in [1.54, 1.807) is 0 Å². The van der Waals surface area contributed by atoms with E-state index in [0.29, 0.717) is 0 Å². The van der Waals surface area contributed by atoms with Crippen molar-refractivity contribution in [3.05, 3.63) is 67.7 Å². The summed E-state index contributed by atoms with van der Waals surface area (Å²) in [6.45, 7) is 5.60. The Morgan fingerprint density at radius 3 is 2.26 bits per heavy atom. The van der Waals surface area contributed by atoms with Crippen LogP contribution in [0, 0.1) is 30.9 Å². The summed E-state index contributed by atoms with van der Waals surface area (Å²) in [5, 5.41) is 13.6. The fraction of sp³-hybridized carbons (Fsp3) is 0.263. The van der Waals surface area contributed by atoms with Crippen LogP contribution in [0.3, 0.4) is 0 Å². The Morgan fingerprint density at radius 2 is 1.74 bits per heavy atom. The highest BCUT2D eigenvalue weighted by atomic mass is 35.5. The zero-order chi connectivity index (χ0) is 20.3. The first-order chi connectivity index (χ1) is 12.6. The average molecular weight is 390 g/mol. The van der Waals surface area contributed by atoms with Crippen molar-refractivity contribution in [2.75, 3.05) is 18.9 Å². The normalized spacial score (nSPS) is 10.4. The predicted molar refractivity (Wildman–Crippen MR) is 104 cm³/mol. The van der Waals surface area contributed by atoms with Gasteiger partial charge < -0.3 is 10.2 Å². The Hall–Kier alpha value is -2.93. The highest BCUT2D eigenvalue weighted by Gasteiger charge is 2.20. The first-order valence-electron chi connectivity index (χ1n) is 8.17. The molecule has 0 unspecified atom stereocenters. The summed E-state index contributed by atoms with van der Waals surface area (Å²) in [5.41, 5.74) is 3.59. The van der Waals surface area contributed by atoms with Gasteiger partial charge in [-0.2, -0.15) is 0 Å². The first-order valence-corrected chi connectivity index (χ1v) is 8.55. The van der Waals surface area contributed by atoms with E-state index in [1.807, 2.05) is 32.9 Å². The molecule has 0 aliphatic rings. The first kappa shape index (κ1) is 20.4. The molecule has 0 heterocycles. The molecule has 2 amide bonds. The number of hydrogen-bond acceptors (Lipinski definition) is 4. The Labute approximate surface area is 162 Å². The second kappa shape index (κ2) is 8.18. The van der Waals surface area contributed by atoms with Gasteiger partial charge in [-0.05, 0) is 38.0 Å². The molecule has 0 bridgehead atoms. The third kappa shape index (κ3) is 4.83. The second-order valence-electron chi connectivity index (χ2n) is 6.40. The minimum absolute atomic E-state index is 0.0355. The molecule has 2 aromatic carbocycles. The number of carbonyl (C=O) groups is 2. The number of aryl methyl sites for hydroxylation is 3. The van der Waals surface area contributed by atoms with Gasteiger partial charge in [0, 0.05) is 24.9 Å². The van der Waals surface area contributed by atoms with Crippen LogP contribution in [0.25, 0.3) is 0 Å². The van der Waals surface area contributed by atoms with Crippen molar-refractivity contribution in [3.8, 4) is 0 Å². The maximum absolute atomic E-state index is 12.5. The van der Waals surface area contributed by atoms with E-state index in [4.69, 9.17) is 11.6 Å². The summed E-state index contributed by atoms with van der Waals surface area (Å²) in [5.74, 6) is -0.846. The molecular formula is C19H20ClN3O4. The van der Waals surface area contributed by atoms with Crippen molar-refractivity contribution < 1.29 is 14.5 Å². The standard InChI is InChI=1S/C19H20ClN3O4/c1-11-7-12(2)18(13(3)8-11)21-17(24)10-22(4)19(25)15-6-5-14(23(26)27)9-16(15)20/h5-9H,10H2,1-4H3,(H,21,24). The van der Waals surface area contributed by atoms with Gasteiger partial charge >= 0.3 is 0 Å². The number of amides is 2. The lowest BCUT2D eigenvalue weighted by molar-refractivity contribution is -0.384. The van der Waals surface area contributed by atoms with Crippen LogP contribution in [0.1, 0.15) is 27.0 Å². The van der Waals surface area contributed by atoms with Gasteiger partial charge in [0.1, 0.15) is 0 Å². The van der Waals surface area contributed by atoms with Crippen molar-refractivity contribution in [1.82, 2.24) is 4.90 Å². The molecule has 0 aromatic heterocycles. The lowest BCUT2D eigenvalue weighted by Gasteiger charge is -2.19. The van der Waals surface area contributed by atoms with Crippen LogP contribution in [0.5, 0.6) is 0 Å². The number of nitro groups is 1. The highest BCUT2D eigenvalue weighted by molar-refractivity contribution is 6.34. The van der Waals surface area contributed by atoms with Crippen molar-refractivity contribution >= 4 is 34.8 Å². The summed E-state index contributed by atoms with van der Waals surface area (Å²) in [6.07, 6.45) is 0. The van der Waals surface area contributed by atoms with E-state index >= 15 is 0 Å². The Balaban J connectivity index is 2.10. The number of rotatable bonds is 5.